The van der Waals surface area contributed by atoms with Crippen molar-refractivity contribution < 1.29 is 9.90 Å². The van der Waals surface area contributed by atoms with Crippen molar-refractivity contribution in [3.05, 3.63) is 34.9 Å². The highest BCUT2D eigenvalue weighted by Crippen LogP contribution is 2.49. The van der Waals surface area contributed by atoms with E-state index in [1.807, 2.05) is 37.4 Å². The number of carbonyl (C=O) groups is 1. The Labute approximate surface area is 129 Å². The minimum Gasteiger partial charge on any atom is -0.395 e. The SMILES string of the molecule is CS[C@@H](CO)[C@@H](C)NC(=O)C1(c2cccc(Cl)c2)CC1. The number of hydrogen-bond donors (Lipinski definition) is 2. The van der Waals surface area contributed by atoms with Crippen molar-refractivity contribution in [1.82, 2.24) is 5.32 Å². The molecule has 0 bridgehead atoms. The summed E-state index contributed by atoms with van der Waals surface area (Å²) < 4.78 is 0. The van der Waals surface area contributed by atoms with Crippen LogP contribution in [0, 0.1) is 0 Å². The molecule has 0 heterocycles. The molecule has 20 heavy (non-hydrogen) atoms. The van der Waals surface area contributed by atoms with Gasteiger partial charge in [0, 0.05) is 16.3 Å². The molecule has 0 saturated heterocycles. The van der Waals surface area contributed by atoms with E-state index < -0.39 is 5.41 Å². The lowest BCUT2D eigenvalue weighted by Gasteiger charge is -2.24. The van der Waals surface area contributed by atoms with Crippen LogP contribution in [-0.4, -0.2) is 35.2 Å². The van der Waals surface area contributed by atoms with Crippen molar-refractivity contribution in [3.63, 3.8) is 0 Å². The number of benzene rings is 1. The second-order valence-corrected chi connectivity index (χ2v) is 6.82. The molecule has 0 aromatic heterocycles. The van der Waals surface area contributed by atoms with E-state index >= 15 is 0 Å². The lowest BCUT2D eigenvalue weighted by molar-refractivity contribution is -0.124. The minimum absolute atomic E-state index is 0.0223. The molecule has 1 aromatic rings. The van der Waals surface area contributed by atoms with Crippen LogP contribution in [0.3, 0.4) is 0 Å². The van der Waals surface area contributed by atoms with Gasteiger partial charge in [-0.15, -0.1) is 0 Å². The summed E-state index contributed by atoms with van der Waals surface area (Å²) in [7, 11) is 0. The molecular formula is C15H20ClNO2S. The fourth-order valence-corrected chi connectivity index (χ4v) is 3.25. The molecule has 1 saturated carbocycles. The fourth-order valence-electron chi connectivity index (χ4n) is 2.43. The maximum Gasteiger partial charge on any atom is 0.230 e. The van der Waals surface area contributed by atoms with E-state index in [1.54, 1.807) is 11.8 Å². The first-order valence-electron chi connectivity index (χ1n) is 6.74. The molecule has 1 aliphatic rings. The molecule has 0 aliphatic heterocycles. The van der Waals surface area contributed by atoms with Gasteiger partial charge in [0.25, 0.3) is 0 Å². The van der Waals surface area contributed by atoms with Crippen molar-refractivity contribution in [3.8, 4) is 0 Å². The number of hydrogen-bond acceptors (Lipinski definition) is 3. The molecule has 2 N–H and O–H groups in total. The molecule has 110 valence electrons. The van der Waals surface area contributed by atoms with Crippen molar-refractivity contribution >= 4 is 29.3 Å². The third-order valence-electron chi connectivity index (χ3n) is 3.96. The molecule has 5 heteroatoms. The van der Waals surface area contributed by atoms with E-state index in [2.05, 4.69) is 5.32 Å². The zero-order valence-corrected chi connectivity index (χ0v) is 13.3. The van der Waals surface area contributed by atoms with Crippen molar-refractivity contribution in [1.29, 1.82) is 0 Å². The highest BCUT2D eigenvalue weighted by atomic mass is 35.5. The Balaban J connectivity index is 2.09. The van der Waals surface area contributed by atoms with Crippen LogP contribution in [0.1, 0.15) is 25.3 Å². The third kappa shape index (κ3) is 3.13. The Morgan fingerprint density at radius 2 is 2.25 bits per heavy atom. The summed E-state index contributed by atoms with van der Waals surface area (Å²) in [4.78, 5) is 12.5. The lowest BCUT2D eigenvalue weighted by atomic mass is 9.94. The van der Waals surface area contributed by atoms with Crippen LogP contribution in [0.15, 0.2) is 24.3 Å². The summed E-state index contributed by atoms with van der Waals surface area (Å²) in [5.41, 5.74) is 0.566. The maximum atomic E-state index is 12.5. The predicted molar refractivity (Wildman–Crippen MR) is 84.4 cm³/mol. The average molecular weight is 314 g/mol. The smallest absolute Gasteiger partial charge is 0.230 e. The summed E-state index contributed by atoms with van der Waals surface area (Å²) in [6.45, 7) is 2.00. The van der Waals surface area contributed by atoms with Gasteiger partial charge >= 0.3 is 0 Å². The zero-order valence-electron chi connectivity index (χ0n) is 11.7. The maximum absolute atomic E-state index is 12.5. The summed E-state index contributed by atoms with van der Waals surface area (Å²) in [5.74, 6) is 0.0415. The minimum atomic E-state index is -0.419. The van der Waals surface area contributed by atoms with Gasteiger partial charge in [0.15, 0.2) is 0 Å². The standard InChI is InChI=1S/C15H20ClNO2S/c1-10(13(9-18)20-2)17-14(19)15(6-7-15)11-4-3-5-12(16)8-11/h3-5,8,10,13,18H,6-7,9H2,1-2H3,(H,17,19)/t10-,13+/m1/s1. The van der Waals surface area contributed by atoms with Crippen LogP contribution in [-0.2, 0) is 10.2 Å². The summed E-state index contributed by atoms with van der Waals surface area (Å²) >= 11 is 7.58. The molecule has 2 rings (SSSR count). The number of carbonyl (C=O) groups excluding carboxylic acids is 1. The van der Waals surface area contributed by atoms with E-state index in [4.69, 9.17) is 11.6 Å². The van der Waals surface area contributed by atoms with E-state index in [0.717, 1.165) is 18.4 Å². The van der Waals surface area contributed by atoms with Gasteiger partial charge in [-0.25, -0.2) is 0 Å². The van der Waals surface area contributed by atoms with Crippen LogP contribution in [0.4, 0.5) is 0 Å². The quantitative estimate of drug-likeness (QED) is 0.848. The van der Waals surface area contributed by atoms with Crippen molar-refractivity contribution in [2.75, 3.05) is 12.9 Å². The van der Waals surface area contributed by atoms with Gasteiger partial charge in [-0.3, -0.25) is 4.79 Å². The van der Waals surface area contributed by atoms with Crippen LogP contribution in [0.5, 0.6) is 0 Å². The first-order valence-corrected chi connectivity index (χ1v) is 8.41. The molecule has 2 atom stereocenters. The molecule has 1 aromatic carbocycles. The van der Waals surface area contributed by atoms with Gasteiger partial charge in [-0.2, -0.15) is 11.8 Å². The van der Waals surface area contributed by atoms with Gasteiger partial charge in [0.2, 0.25) is 5.91 Å². The molecule has 1 fully saturated rings. The molecule has 0 unspecified atom stereocenters. The average Bonchev–Trinajstić information content (AvgIpc) is 3.21. The van der Waals surface area contributed by atoms with Gasteiger partial charge in [0.1, 0.15) is 0 Å². The largest absolute Gasteiger partial charge is 0.395 e. The fraction of sp³-hybridized carbons (Fsp3) is 0.533. The topological polar surface area (TPSA) is 49.3 Å². The zero-order chi connectivity index (χ0) is 14.8. The Morgan fingerprint density at radius 1 is 1.55 bits per heavy atom. The predicted octanol–water partition coefficient (Wildman–Crippen LogP) is 2.60. The number of rotatable bonds is 6. The van der Waals surface area contributed by atoms with E-state index in [0.29, 0.717) is 5.02 Å². The Bertz CT molecular complexity index is 487. The van der Waals surface area contributed by atoms with Crippen LogP contribution >= 0.6 is 23.4 Å². The molecular weight excluding hydrogens is 294 g/mol. The number of thioether (sulfide) groups is 1. The van der Waals surface area contributed by atoms with Gasteiger partial charge in [-0.1, -0.05) is 23.7 Å². The van der Waals surface area contributed by atoms with Gasteiger partial charge in [-0.05, 0) is 43.7 Å². The molecule has 1 amide bonds. The summed E-state index contributed by atoms with van der Waals surface area (Å²) in [6, 6.07) is 7.47. The van der Waals surface area contributed by atoms with E-state index in [-0.39, 0.29) is 23.8 Å². The number of amides is 1. The number of aliphatic hydroxyl groups is 1. The Morgan fingerprint density at radius 3 is 2.75 bits per heavy atom. The first kappa shape index (κ1) is 15.7. The first-order chi connectivity index (χ1) is 9.53. The lowest BCUT2D eigenvalue weighted by Crippen LogP contribution is -2.45. The van der Waals surface area contributed by atoms with Gasteiger partial charge in [0.05, 0.1) is 12.0 Å². The molecule has 1 aliphatic carbocycles. The highest BCUT2D eigenvalue weighted by Gasteiger charge is 2.51. The van der Waals surface area contributed by atoms with Crippen LogP contribution < -0.4 is 5.32 Å². The Hall–Kier alpha value is -0.710. The number of nitrogens with one attached hydrogen (secondary N) is 1. The molecule has 0 spiro atoms. The third-order valence-corrected chi connectivity index (χ3v) is 5.36. The second kappa shape index (κ2) is 6.37. The van der Waals surface area contributed by atoms with Crippen molar-refractivity contribution in [2.45, 2.75) is 36.5 Å². The monoisotopic (exact) mass is 313 g/mol. The second-order valence-electron chi connectivity index (χ2n) is 5.31. The van der Waals surface area contributed by atoms with Crippen molar-refractivity contribution in [2.24, 2.45) is 0 Å². The van der Waals surface area contributed by atoms with Gasteiger partial charge < -0.3 is 10.4 Å². The number of halogens is 1. The summed E-state index contributed by atoms with van der Waals surface area (Å²) in [6.07, 6.45) is 3.65. The van der Waals surface area contributed by atoms with Crippen LogP contribution in [0.2, 0.25) is 5.02 Å². The van der Waals surface area contributed by atoms with E-state index in [9.17, 15) is 9.90 Å². The number of aliphatic hydroxyl groups excluding tert-OH is 1. The normalized spacial score (nSPS) is 19.2. The van der Waals surface area contributed by atoms with Crippen LogP contribution in [0.25, 0.3) is 0 Å². The highest BCUT2D eigenvalue weighted by molar-refractivity contribution is 7.99. The summed E-state index contributed by atoms with van der Waals surface area (Å²) in [5, 5.41) is 13.0. The van der Waals surface area contributed by atoms with E-state index in [1.165, 1.54) is 0 Å². The molecule has 3 nitrogen and oxygen atoms in total. The molecule has 0 radical (unpaired) electrons. The Kier molecular flexibility index (Phi) is 4.99.